The van der Waals surface area contributed by atoms with Gasteiger partial charge in [-0.2, -0.15) is 0 Å². The molecule has 30 heavy (non-hydrogen) atoms. The predicted molar refractivity (Wildman–Crippen MR) is 114 cm³/mol. The van der Waals surface area contributed by atoms with Crippen LogP contribution in [0.2, 0.25) is 10.0 Å². The minimum absolute atomic E-state index is 0.114. The van der Waals surface area contributed by atoms with Crippen molar-refractivity contribution in [1.29, 1.82) is 0 Å². The number of amides is 2. The molecule has 0 aliphatic rings. The maximum Gasteiger partial charge on any atom is 0.412 e. The third-order valence-corrected chi connectivity index (χ3v) is 4.38. The van der Waals surface area contributed by atoms with Crippen LogP contribution >= 0.6 is 23.2 Å². The van der Waals surface area contributed by atoms with E-state index in [9.17, 15) is 14.4 Å². The van der Waals surface area contributed by atoms with Gasteiger partial charge in [-0.1, -0.05) is 29.3 Å². The molecule has 2 aromatic rings. The number of benzene rings is 1. The summed E-state index contributed by atoms with van der Waals surface area (Å²) >= 11 is 12.0. The lowest BCUT2D eigenvalue weighted by Crippen LogP contribution is -2.27. The standard InChI is InChI=1S/C20H21Cl2N3O5/c1-11-14(21)9-23-17(16(11)22)25-15(26)10-29-18(27)12-6-5-7-13(8-12)24-19(28)30-20(2,3)4/h5-9H,10H2,1-4H3,(H,24,28)(H,23,25,26). The first-order chi connectivity index (χ1) is 14.0. The van der Waals surface area contributed by atoms with Gasteiger partial charge in [0.05, 0.1) is 15.6 Å². The molecule has 0 saturated carbocycles. The molecule has 2 amide bonds. The quantitative estimate of drug-likeness (QED) is 0.627. The molecule has 10 heteroatoms. The first-order valence-corrected chi connectivity index (χ1v) is 9.59. The van der Waals surface area contributed by atoms with Crippen LogP contribution in [0.15, 0.2) is 30.5 Å². The molecule has 1 aromatic heterocycles. The molecule has 160 valence electrons. The lowest BCUT2D eigenvalue weighted by atomic mass is 10.2. The van der Waals surface area contributed by atoms with Gasteiger partial charge in [0.2, 0.25) is 0 Å². The van der Waals surface area contributed by atoms with Crippen molar-refractivity contribution >= 4 is 52.7 Å². The van der Waals surface area contributed by atoms with Gasteiger partial charge < -0.3 is 14.8 Å². The molecule has 2 rings (SSSR count). The van der Waals surface area contributed by atoms with E-state index in [4.69, 9.17) is 32.7 Å². The van der Waals surface area contributed by atoms with Gasteiger partial charge in [0.15, 0.2) is 12.4 Å². The SMILES string of the molecule is Cc1c(Cl)cnc(NC(=O)COC(=O)c2cccc(NC(=O)OC(C)(C)C)c2)c1Cl. The second-order valence-electron chi connectivity index (χ2n) is 7.23. The largest absolute Gasteiger partial charge is 0.452 e. The Labute approximate surface area is 183 Å². The van der Waals surface area contributed by atoms with Crippen LogP contribution in [-0.4, -0.2) is 35.2 Å². The van der Waals surface area contributed by atoms with E-state index in [-0.39, 0.29) is 16.4 Å². The van der Waals surface area contributed by atoms with Gasteiger partial charge in [0.25, 0.3) is 5.91 Å². The summed E-state index contributed by atoms with van der Waals surface area (Å²) in [5.41, 5.74) is 0.398. The molecule has 0 fully saturated rings. The molecular weight excluding hydrogens is 433 g/mol. The molecule has 0 aliphatic heterocycles. The van der Waals surface area contributed by atoms with Crippen molar-refractivity contribution in [2.45, 2.75) is 33.3 Å². The zero-order chi connectivity index (χ0) is 22.5. The molecule has 2 N–H and O–H groups in total. The predicted octanol–water partition coefficient (Wildman–Crippen LogP) is 4.84. The fourth-order valence-corrected chi connectivity index (χ4v) is 2.56. The summed E-state index contributed by atoms with van der Waals surface area (Å²) in [4.78, 5) is 40.1. The average molecular weight is 454 g/mol. The molecule has 1 heterocycles. The number of pyridine rings is 1. The van der Waals surface area contributed by atoms with Gasteiger partial charge in [-0.25, -0.2) is 14.6 Å². The first-order valence-electron chi connectivity index (χ1n) is 8.84. The number of ether oxygens (including phenoxy) is 2. The summed E-state index contributed by atoms with van der Waals surface area (Å²) in [6, 6.07) is 6.04. The van der Waals surface area contributed by atoms with Crippen LogP contribution in [0.4, 0.5) is 16.3 Å². The van der Waals surface area contributed by atoms with Gasteiger partial charge in [-0.15, -0.1) is 0 Å². The fourth-order valence-electron chi connectivity index (χ4n) is 2.17. The number of hydrogen-bond acceptors (Lipinski definition) is 6. The Hall–Kier alpha value is -2.84. The third-order valence-electron chi connectivity index (χ3n) is 3.54. The van der Waals surface area contributed by atoms with E-state index in [0.29, 0.717) is 16.3 Å². The molecule has 0 aliphatic carbocycles. The van der Waals surface area contributed by atoms with Crippen LogP contribution in [0, 0.1) is 6.92 Å². The number of rotatable bonds is 5. The minimum Gasteiger partial charge on any atom is -0.452 e. The van der Waals surface area contributed by atoms with E-state index in [1.54, 1.807) is 39.8 Å². The Balaban J connectivity index is 1.94. The molecule has 0 atom stereocenters. The normalized spacial score (nSPS) is 10.9. The topological polar surface area (TPSA) is 107 Å². The Morgan fingerprint density at radius 3 is 2.50 bits per heavy atom. The van der Waals surface area contributed by atoms with Gasteiger partial charge in [0.1, 0.15) is 5.60 Å². The van der Waals surface area contributed by atoms with Crippen LogP contribution in [-0.2, 0) is 14.3 Å². The summed E-state index contributed by atoms with van der Waals surface area (Å²) in [6.07, 6.45) is 0.697. The smallest absolute Gasteiger partial charge is 0.412 e. The summed E-state index contributed by atoms with van der Waals surface area (Å²) < 4.78 is 10.2. The maximum atomic E-state index is 12.2. The number of hydrogen-bond donors (Lipinski definition) is 2. The monoisotopic (exact) mass is 453 g/mol. The van der Waals surface area contributed by atoms with Crippen LogP contribution in [0.3, 0.4) is 0 Å². The van der Waals surface area contributed by atoms with E-state index in [0.717, 1.165) is 0 Å². The number of nitrogens with one attached hydrogen (secondary N) is 2. The van der Waals surface area contributed by atoms with Gasteiger partial charge >= 0.3 is 12.1 Å². The van der Waals surface area contributed by atoms with Crippen molar-refractivity contribution in [2.24, 2.45) is 0 Å². The van der Waals surface area contributed by atoms with E-state index >= 15 is 0 Å². The zero-order valence-corrected chi connectivity index (χ0v) is 18.4. The second kappa shape index (κ2) is 9.77. The van der Waals surface area contributed by atoms with Crippen molar-refractivity contribution in [1.82, 2.24) is 4.98 Å². The molecule has 0 bridgehead atoms. The van der Waals surface area contributed by atoms with E-state index < -0.39 is 30.2 Å². The van der Waals surface area contributed by atoms with E-state index in [1.807, 2.05) is 0 Å². The number of halogens is 2. The van der Waals surface area contributed by atoms with Crippen LogP contribution in [0.1, 0.15) is 36.7 Å². The molecule has 8 nitrogen and oxygen atoms in total. The lowest BCUT2D eigenvalue weighted by molar-refractivity contribution is -0.119. The zero-order valence-electron chi connectivity index (χ0n) is 16.8. The summed E-state index contributed by atoms with van der Waals surface area (Å²) in [6.45, 7) is 6.33. The second-order valence-corrected chi connectivity index (χ2v) is 8.01. The first kappa shape index (κ1) is 23.4. The third kappa shape index (κ3) is 6.89. The number of esters is 1. The Kier molecular flexibility index (Phi) is 7.64. The number of aromatic nitrogens is 1. The van der Waals surface area contributed by atoms with Gasteiger partial charge in [-0.3, -0.25) is 10.1 Å². The number of carbonyl (C=O) groups excluding carboxylic acids is 3. The van der Waals surface area contributed by atoms with Gasteiger partial charge in [-0.05, 0) is 51.5 Å². The molecule has 0 saturated heterocycles. The highest BCUT2D eigenvalue weighted by molar-refractivity contribution is 6.37. The average Bonchev–Trinajstić information content (AvgIpc) is 2.65. The van der Waals surface area contributed by atoms with Crippen molar-refractivity contribution in [3.63, 3.8) is 0 Å². The number of nitrogens with zero attached hydrogens (tertiary/aromatic N) is 1. The van der Waals surface area contributed by atoms with E-state index in [1.165, 1.54) is 18.3 Å². The van der Waals surface area contributed by atoms with Crippen molar-refractivity contribution < 1.29 is 23.9 Å². The number of anilines is 2. The van der Waals surface area contributed by atoms with Crippen LogP contribution in [0.25, 0.3) is 0 Å². The van der Waals surface area contributed by atoms with Crippen molar-refractivity contribution in [3.8, 4) is 0 Å². The van der Waals surface area contributed by atoms with Crippen molar-refractivity contribution in [3.05, 3.63) is 51.6 Å². The highest BCUT2D eigenvalue weighted by Crippen LogP contribution is 2.28. The van der Waals surface area contributed by atoms with E-state index in [2.05, 4.69) is 15.6 Å². The Morgan fingerprint density at radius 1 is 1.13 bits per heavy atom. The van der Waals surface area contributed by atoms with Gasteiger partial charge in [0, 0.05) is 11.9 Å². The summed E-state index contributed by atoms with van der Waals surface area (Å²) in [5, 5.41) is 5.54. The summed E-state index contributed by atoms with van der Waals surface area (Å²) in [7, 11) is 0. The molecular formula is C20H21Cl2N3O5. The molecule has 0 radical (unpaired) electrons. The number of carbonyl (C=O) groups is 3. The Bertz CT molecular complexity index is 973. The Morgan fingerprint density at radius 2 is 1.83 bits per heavy atom. The van der Waals surface area contributed by atoms with Crippen molar-refractivity contribution in [2.75, 3.05) is 17.2 Å². The van der Waals surface area contributed by atoms with Crippen LogP contribution in [0.5, 0.6) is 0 Å². The maximum absolute atomic E-state index is 12.2. The van der Waals surface area contributed by atoms with Crippen LogP contribution < -0.4 is 10.6 Å². The highest BCUT2D eigenvalue weighted by atomic mass is 35.5. The molecule has 0 unspecified atom stereocenters. The highest BCUT2D eigenvalue weighted by Gasteiger charge is 2.17. The minimum atomic E-state index is -0.746. The molecule has 0 spiro atoms. The fraction of sp³-hybridized carbons (Fsp3) is 0.300. The molecule has 1 aromatic carbocycles. The summed E-state index contributed by atoms with van der Waals surface area (Å²) in [5.74, 6) is -1.25. The lowest BCUT2D eigenvalue weighted by Gasteiger charge is -2.19.